The maximum Gasteiger partial charge on any atom is 0.121 e. The molecule has 142 valence electrons. The number of hydrogen-bond donors (Lipinski definition) is 2. The van der Waals surface area contributed by atoms with E-state index >= 15 is 0 Å². The van der Waals surface area contributed by atoms with Crippen LogP contribution in [-0.4, -0.2) is 10.2 Å². The van der Waals surface area contributed by atoms with Crippen LogP contribution in [0.1, 0.15) is 11.1 Å². The third-order valence-electron chi connectivity index (χ3n) is 5.05. The Morgan fingerprint density at radius 2 is 0.862 bits per heavy atom. The molecule has 5 rings (SSSR count). The van der Waals surface area contributed by atoms with Gasteiger partial charge in [-0.05, 0) is 70.8 Å². The van der Waals surface area contributed by atoms with Gasteiger partial charge in [0.05, 0.1) is 0 Å². The van der Waals surface area contributed by atoms with E-state index in [-0.39, 0.29) is 15.6 Å². The number of phenols is 2. The molecular formula is C25H18O2S2. The zero-order valence-electron chi connectivity index (χ0n) is 15.4. The van der Waals surface area contributed by atoms with Crippen molar-refractivity contribution in [2.75, 3.05) is 0 Å². The van der Waals surface area contributed by atoms with Gasteiger partial charge in [-0.3, -0.25) is 0 Å². The molecule has 0 aromatic heterocycles. The Balaban J connectivity index is 1.71. The fourth-order valence-corrected chi connectivity index (χ4v) is 6.86. The van der Waals surface area contributed by atoms with E-state index in [2.05, 4.69) is 48.5 Å². The summed E-state index contributed by atoms with van der Waals surface area (Å²) in [4.78, 5) is 2.17. The normalized spacial score (nSPS) is 13.7. The average Bonchev–Trinajstić information content (AvgIpc) is 3.02. The van der Waals surface area contributed by atoms with Crippen molar-refractivity contribution in [3.63, 3.8) is 0 Å². The van der Waals surface area contributed by atoms with Crippen LogP contribution in [0.25, 0.3) is 11.1 Å². The third kappa shape index (κ3) is 3.18. The van der Waals surface area contributed by atoms with Crippen LogP contribution < -0.4 is 0 Å². The first-order valence-electron chi connectivity index (χ1n) is 9.31. The summed E-state index contributed by atoms with van der Waals surface area (Å²) < 4.78 is -0.374. The van der Waals surface area contributed by atoms with Gasteiger partial charge in [0.1, 0.15) is 15.6 Å². The van der Waals surface area contributed by atoms with Gasteiger partial charge in [0, 0.05) is 9.79 Å². The van der Waals surface area contributed by atoms with E-state index in [1.807, 2.05) is 24.3 Å². The first-order chi connectivity index (χ1) is 14.2. The SMILES string of the molecule is Oc1ccc(SC2(Sc3ccc(O)cc3)c3ccccc3-c3ccccc32)cc1. The molecule has 0 amide bonds. The van der Waals surface area contributed by atoms with E-state index in [0.29, 0.717) is 0 Å². The summed E-state index contributed by atoms with van der Waals surface area (Å²) >= 11 is 3.56. The second-order valence-corrected chi connectivity index (χ2v) is 9.73. The molecule has 0 radical (unpaired) electrons. The third-order valence-corrected chi connectivity index (χ3v) is 8.02. The van der Waals surface area contributed by atoms with Gasteiger partial charge in [-0.15, -0.1) is 0 Å². The predicted molar refractivity (Wildman–Crippen MR) is 121 cm³/mol. The lowest BCUT2D eigenvalue weighted by molar-refractivity contribution is 0.474. The van der Waals surface area contributed by atoms with Crippen LogP contribution in [0.2, 0.25) is 0 Å². The van der Waals surface area contributed by atoms with Gasteiger partial charge < -0.3 is 10.2 Å². The Kier molecular flexibility index (Phi) is 4.53. The molecule has 2 nitrogen and oxygen atoms in total. The van der Waals surface area contributed by atoms with Crippen molar-refractivity contribution in [2.45, 2.75) is 13.9 Å². The Morgan fingerprint density at radius 1 is 0.483 bits per heavy atom. The first kappa shape index (κ1) is 18.2. The van der Waals surface area contributed by atoms with Crippen LogP contribution in [0.3, 0.4) is 0 Å². The molecule has 0 saturated heterocycles. The zero-order valence-corrected chi connectivity index (χ0v) is 17.1. The molecule has 0 unspecified atom stereocenters. The Bertz CT molecular complexity index is 1070. The van der Waals surface area contributed by atoms with E-state index in [0.717, 1.165) is 9.79 Å². The van der Waals surface area contributed by atoms with E-state index in [1.165, 1.54) is 22.3 Å². The number of benzene rings is 4. The maximum atomic E-state index is 9.72. The first-order valence-corrected chi connectivity index (χ1v) is 10.9. The van der Waals surface area contributed by atoms with E-state index < -0.39 is 0 Å². The van der Waals surface area contributed by atoms with Crippen molar-refractivity contribution in [2.24, 2.45) is 0 Å². The molecule has 4 heteroatoms. The maximum absolute atomic E-state index is 9.72. The summed E-state index contributed by atoms with van der Waals surface area (Å²) in [7, 11) is 0. The molecule has 4 aromatic rings. The minimum atomic E-state index is -0.374. The number of thioether (sulfide) groups is 2. The lowest BCUT2D eigenvalue weighted by Crippen LogP contribution is -2.16. The van der Waals surface area contributed by atoms with Crippen LogP contribution in [0, 0.1) is 0 Å². The van der Waals surface area contributed by atoms with E-state index in [4.69, 9.17) is 0 Å². The zero-order chi connectivity index (χ0) is 19.8. The largest absolute Gasteiger partial charge is 0.508 e. The number of rotatable bonds is 4. The molecule has 4 aromatic carbocycles. The van der Waals surface area contributed by atoms with Crippen molar-refractivity contribution in [3.8, 4) is 22.6 Å². The van der Waals surface area contributed by atoms with Gasteiger partial charge in [0.25, 0.3) is 0 Å². The quantitative estimate of drug-likeness (QED) is 0.358. The molecule has 1 aliphatic rings. The molecule has 0 heterocycles. The minimum Gasteiger partial charge on any atom is -0.508 e. The van der Waals surface area contributed by atoms with Gasteiger partial charge >= 0.3 is 0 Å². The summed E-state index contributed by atoms with van der Waals surface area (Å²) in [6, 6.07) is 31.9. The minimum absolute atomic E-state index is 0.266. The highest BCUT2D eigenvalue weighted by Crippen LogP contribution is 2.64. The molecule has 0 aliphatic heterocycles. The smallest absolute Gasteiger partial charge is 0.121 e. The fraction of sp³-hybridized carbons (Fsp3) is 0.0400. The lowest BCUT2D eigenvalue weighted by atomic mass is 10.1. The van der Waals surface area contributed by atoms with Crippen LogP contribution in [0.15, 0.2) is 107 Å². The average molecular weight is 415 g/mol. The highest BCUT2D eigenvalue weighted by molar-refractivity contribution is 8.17. The highest BCUT2D eigenvalue weighted by Gasteiger charge is 2.45. The van der Waals surface area contributed by atoms with Crippen molar-refractivity contribution in [3.05, 3.63) is 108 Å². The second-order valence-electron chi connectivity index (χ2n) is 6.90. The predicted octanol–water partition coefficient (Wildman–Crippen LogP) is 6.86. The highest BCUT2D eigenvalue weighted by atomic mass is 32.2. The number of aromatic hydroxyl groups is 2. The molecule has 1 aliphatic carbocycles. The van der Waals surface area contributed by atoms with Crippen LogP contribution in [0.4, 0.5) is 0 Å². The number of phenolic OH excluding ortho intramolecular Hbond substituents is 2. The van der Waals surface area contributed by atoms with Gasteiger partial charge in [-0.1, -0.05) is 72.1 Å². The van der Waals surface area contributed by atoms with Crippen molar-refractivity contribution in [1.82, 2.24) is 0 Å². The molecule has 0 atom stereocenters. The van der Waals surface area contributed by atoms with Crippen molar-refractivity contribution in [1.29, 1.82) is 0 Å². The van der Waals surface area contributed by atoms with E-state index in [1.54, 1.807) is 47.8 Å². The van der Waals surface area contributed by atoms with Gasteiger partial charge in [-0.2, -0.15) is 0 Å². The van der Waals surface area contributed by atoms with Crippen LogP contribution >= 0.6 is 23.5 Å². The van der Waals surface area contributed by atoms with Crippen LogP contribution in [-0.2, 0) is 4.08 Å². The lowest BCUT2D eigenvalue weighted by Gasteiger charge is -2.31. The molecule has 0 fully saturated rings. The Labute approximate surface area is 178 Å². The monoisotopic (exact) mass is 414 g/mol. The van der Waals surface area contributed by atoms with Crippen molar-refractivity contribution >= 4 is 23.5 Å². The molecule has 2 N–H and O–H groups in total. The molecule has 29 heavy (non-hydrogen) atoms. The Morgan fingerprint density at radius 3 is 1.28 bits per heavy atom. The summed E-state index contributed by atoms with van der Waals surface area (Å²) in [6.45, 7) is 0. The van der Waals surface area contributed by atoms with Gasteiger partial charge in [0.15, 0.2) is 0 Å². The number of hydrogen-bond acceptors (Lipinski definition) is 4. The van der Waals surface area contributed by atoms with Crippen LogP contribution in [0.5, 0.6) is 11.5 Å². The molecule has 0 spiro atoms. The standard InChI is InChI=1S/C25H18O2S2/c26-17-9-13-19(14-10-17)28-25(29-20-15-11-18(27)12-16-20)23-7-3-1-5-21(23)22-6-2-4-8-24(22)25/h1-16,26-27H. The topological polar surface area (TPSA) is 40.5 Å². The summed E-state index contributed by atoms with van der Waals surface area (Å²) in [6.07, 6.45) is 0. The summed E-state index contributed by atoms with van der Waals surface area (Å²) in [5.41, 5.74) is 5.02. The Hall–Kier alpha value is -2.82. The molecule has 0 saturated carbocycles. The van der Waals surface area contributed by atoms with Gasteiger partial charge in [0.2, 0.25) is 0 Å². The number of fused-ring (bicyclic) bond motifs is 3. The molecular weight excluding hydrogens is 396 g/mol. The molecule has 0 bridgehead atoms. The van der Waals surface area contributed by atoms with Gasteiger partial charge in [-0.25, -0.2) is 0 Å². The summed E-state index contributed by atoms with van der Waals surface area (Å²) in [5.74, 6) is 0.531. The second kappa shape index (κ2) is 7.21. The fourth-order valence-electron chi connectivity index (χ4n) is 3.76. The van der Waals surface area contributed by atoms with Crippen molar-refractivity contribution < 1.29 is 10.2 Å². The van der Waals surface area contributed by atoms with E-state index in [9.17, 15) is 10.2 Å². The summed E-state index contributed by atoms with van der Waals surface area (Å²) in [5, 5.41) is 19.4.